The molecule has 0 aliphatic carbocycles. The van der Waals surface area contributed by atoms with Crippen molar-refractivity contribution < 1.29 is 50.0 Å². The van der Waals surface area contributed by atoms with Crippen LogP contribution in [-0.2, 0) is 14.3 Å². The van der Waals surface area contributed by atoms with E-state index in [0.29, 0.717) is 19.3 Å². The molecule has 0 aromatic carbocycles. The molecule has 11 heteroatoms. The maximum absolute atomic E-state index is 13.2. The van der Waals surface area contributed by atoms with Crippen LogP contribution in [0.25, 0.3) is 0 Å². The van der Waals surface area contributed by atoms with Gasteiger partial charge in [0.25, 0.3) is 0 Å². The van der Waals surface area contributed by atoms with Gasteiger partial charge in [0, 0.05) is 0 Å². The average Bonchev–Trinajstić information content (AvgIpc) is 3.36. The van der Waals surface area contributed by atoms with E-state index in [1.807, 2.05) is 0 Å². The first kappa shape index (κ1) is 66.1. The number of aliphatic hydroxyl groups is 7. The molecule has 8 N–H and O–H groups in total. The van der Waals surface area contributed by atoms with E-state index in [0.717, 1.165) is 51.4 Å². The Kier molecular flexibility index (Phi) is 45.3. The Labute approximate surface area is 428 Å². The van der Waals surface area contributed by atoms with Crippen molar-refractivity contribution in [3.63, 3.8) is 0 Å². The third-order valence-electron chi connectivity index (χ3n) is 13.8. The average molecular weight is 993 g/mol. The molecule has 9 unspecified atom stereocenters. The summed E-state index contributed by atoms with van der Waals surface area (Å²) < 4.78 is 11.1. The summed E-state index contributed by atoms with van der Waals surface area (Å²) >= 11 is 0. The van der Waals surface area contributed by atoms with Crippen molar-refractivity contribution in [3.05, 3.63) is 48.6 Å². The Hall–Kier alpha value is -1.93. The summed E-state index contributed by atoms with van der Waals surface area (Å²) in [4.78, 5) is 13.2. The summed E-state index contributed by atoms with van der Waals surface area (Å²) in [6, 6.07) is -1.20. The van der Waals surface area contributed by atoms with Crippen molar-refractivity contribution in [1.82, 2.24) is 5.32 Å². The minimum absolute atomic E-state index is 0.239. The number of hydrogen-bond donors (Lipinski definition) is 8. The highest BCUT2D eigenvalue weighted by molar-refractivity contribution is 5.80. The van der Waals surface area contributed by atoms with Crippen LogP contribution >= 0.6 is 0 Å². The minimum Gasteiger partial charge on any atom is -0.394 e. The number of carbonyl (C=O) groups excluding carboxylic acids is 1. The summed E-state index contributed by atoms with van der Waals surface area (Å²) in [5.74, 6) is -0.714. The van der Waals surface area contributed by atoms with E-state index >= 15 is 0 Å². The van der Waals surface area contributed by atoms with Gasteiger partial charge in [-0.25, -0.2) is 0 Å². The molecule has 1 amide bonds. The largest absolute Gasteiger partial charge is 0.394 e. The predicted octanol–water partition coefficient (Wildman–Crippen LogP) is 12.1. The normalized spacial score (nSPS) is 20.6. The molecule has 1 heterocycles. The lowest BCUT2D eigenvalue weighted by Crippen LogP contribution is -2.60. The number of hydrogen-bond acceptors (Lipinski definition) is 10. The van der Waals surface area contributed by atoms with Crippen LogP contribution in [-0.4, -0.2) is 110 Å². The van der Waals surface area contributed by atoms with Crippen molar-refractivity contribution in [1.29, 1.82) is 0 Å². The first-order valence-electron chi connectivity index (χ1n) is 29.0. The molecule has 0 aromatic rings. The molecule has 0 saturated carbocycles. The van der Waals surface area contributed by atoms with Gasteiger partial charge in [-0.1, -0.05) is 210 Å². The Balaban J connectivity index is 2.35. The molecule has 410 valence electrons. The Bertz CT molecular complexity index is 1280. The maximum atomic E-state index is 13.2. The van der Waals surface area contributed by atoms with Crippen LogP contribution in [0, 0.1) is 0 Å². The Morgan fingerprint density at radius 3 is 1.27 bits per heavy atom. The Morgan fingerprint density at radius 1 is 0.486 bits per heavy atom. The zero-order valence-corrected chi connectivity index (χ0v) is 44.7. The highest BCUT2D eigenvalue weighted by atomic mass is 16.7. The van der Waals surface area contributed by atoms with Crippen LogP contribution in [0.15, 0.2) is 48.6 Å². The van der Waals surface area contributed by atoms with Crippen molar-refractivity contribution in [2.24, 2.45) is 0 Å². The number of ether oxygens (including phenoxy) is 2. The number of unbranched alkanes of at least 4 members (excludes halogenated alkanes) is 29. The monoisotopic (exact) mass is 992 g/mol. The molecular weight excluding hydrogens is 883 g/mol. The highest BCUT2D eigenvalue weighted by Crippen LogP contribution is 2.23. The van der Waals surface area contributed by atoms with E-state index in [1.165, 1.54) is 154 Å². The fourth-order valence-electron chi connectivity index (χ4n) is 9.06. The van der Waals surface area contributed by atoms with Gasteiger partial charge >= 0.3 is 0 Å². The minimum atomic E-state index is -1.67. The standard InChI is InChI=1S/C59H109NO10/c1-3-5-7-9-11-13-15-17-19-21-23-24-25-26-27-29-31-33-35-37-39-41-43-45-47-52(63)58(68)60-50(49-69-59-57(67)56(66)55(65)53(48-61)70-59)54(64)51(62)46-44-42-40-38-36-34-32-30-28-22-20-18-16-14-12-10-8-6-4-2/h18,20,26-27,30,32,38,40,50-57,59,61-67H,3-17,19,21-25,28-29,31,33-37,39,41-49H2,1-2H3,(H,60,68)/b20-18+,27-26-,32-30+,40-38+. The lowest BCUT2D eigenvalue weighted by atomic mass is 9.98. The molecule has 0 radical (unpaired) electrons. The SMILES string of the molecule is CCCCCCCC/C=C/CC/C=C/CC/C=C/CCCC(O)C(O)C(COC1OC(CO)C(O)C(O)C1O)NC(=O)C(O)CCCCCCCCCC/C=C\CCCCCCCCCCCCCC. The summed E-state index contributed by atoms with van der Waals surface area (Å²) in [5, 5.41) is 76.1. The number of nitrogens with one attached hydrogen (secondary N) is 1. The summed E-state index contributed by atoms with van der Waals surface area (Å²) in [6.07, 6.45) is 48.8. The summed E-state index contributed by atoms with van der Waals surface area (Å²) in [6.45, 7) is 3.44. The molecular formula is C59H109NO10. The van der Waals surface area contributed by atoms with Crippen molar-refractivity contribution >= 4 is 5.91 Å². The lowest BCUT2D eigenvalue weighted by Gasteiger charge is -2.40. The van der Waals surface area contributed by atoms with Gasteiger partial charge in [-0.3, -0.25) is 4.79 Å². The van der Waals surface area contributed by atoms with Crippen molar-refractivity contribution in [2.75, 3.05) is 13.2 Å². The summed E-state index contributed by atoms with van der Waals surface area (Å²) in [7, 11) is 0. The van der Waals surface area contributed by atoms with Gasteiger partial charge in [-0.05, 0) is 89.9 Å². The van der Waals surface area contributed by atoms with Gasteiger partial charge in [0.2, 0.25) is 5.91 Å². The second-order valence-electron chi connectivity index (χ2n) is 20.3. The van der Waals surface area contributed by atoms with Crippen molar-refractivity contribution in [2.45, 2.75) is 306 Å². The zero-order chi connectivity index (χ0) is 51.1. The van der Waals surface area contributed by atoms with Gasteiger partial charge in [-0.15, -0.1) is 0 Å². The van der Waals surface area contributed by atoms with Crippen LogP contribution in [0.3, 0.4) is 0 Å². The van der Waals surface area contributed by atoms with Crippen LogP contribution in [0.1, 0.15) is 251 Å². The van der Waals surface area contributed by atoms with E-state index in [9.17, 15) is 40.5 Å². The number of aliphatic hydroxyl groups excluding tert-OH is 7. The fourth-order valence-corrected chi connectivity index (χ4v) is 9.06. The number of allylic oxidation sites excluding steroid dienone is 8. The lowest BCUT2D eigenvalue weighted by molar-refractivity contribution is -0.303. The van der Waals surface area contributed by atoms with Gasteiger partial charge in [0.1, 0.15) is 36.6 Å². The van der Waals surface area contributed by atoms with Crippen LogP contribution in [0.2, 0.25) is 0 Å². The fraction of sp³-hybridized carbons (Fsp3) is 0.847. The van der Waals surface area contributed by atoms with E-state index in [4.69, 9.17) is 9.47 Å². The van der Waals surface area contributed by atoms with Gasteiger partial charge in [-0.2, -0.15) is 0 Å². The molecule has 1 rings (SSSR count). The van der Waals surface area contributed by atoms with E-state index in [-0.39, 0.29) is 12.8 Å². The second-order valence-corrected chi connectivity index (χ2v) is 20.3. The maximum Gasteiger partial charge on any atom is 0.249 e. The molecule has 1 fully saturated rings. The van der Waals surface area contributed by atoms with E-state index in [2.05, 4.69) is 67.8 Å². The second kappa shape index (κ2) is 48.0. The quantitative estimate of drug-likeness (QED) is 0.0215. The van der Waals surface area contributed by atoms with E-state index in [1.54, 1.807) is 0 Å². The topological polar surface area (TPSA) is 189 Å². The van der Waals surface area contributed by atoms with E-state index < -0.39 is 74.2 Å². The molecule has 0 aromatic heterocycles. The van der Waals surface area contributed by atoms with Crippen LogP contribution in [0.5, 0.6) is 0 Å². The number of amides is 1. The first-order valence-corrected chi connectivity index (χ1v) is 29.0. The highest BCUT2D eigenvalue weighted by Gasteiger charge is 2.44. The number of rotatable bonds is 49. The van der Waals surface area contributed by atoms with Gasteiger partial charge in [0.15, 0.2) is 6.29 Å². The third kappa shape index (κ3) is 36.1. The summed E-state index contributed by atoms with van der Waals surface area (Å²) in [5.41, 5.74) is 0. The third-order valence-corrected chi connectivity index (χ3v) is 13.8. The molecule has 1 aliphatic heterocycles. The van der Waals surface area contributed by atoms with Crippen molar-refractivity contribution in [3.8, 4) is 0 Å². The number of carbonyl (C=O) groups is 1. The van der Waals surface area contributed by atoms with Crippen LogP contribution in [0.4, 0.5) is 0 Å². The molecule has 1 aliphatic rings. The zero-order valence-electron chi connectivity index (χ0n) is 44.7. The molecule has 1 saturated heterocycles. The molecule has 11 nitrogen and oxygen atoms in total. The first-order chi connectivity index (χ1) is 34.2. The predicted molar refractivity (Wildman–Crippen MR) is 288 cm³/mol. The molecule has 9 atom stereocenters. The smallest absolute Gasteiger partial charge is 0.249 e. The van der Waals surface area contributed by atoms with Gasteiger partial charge in [0.05, 0.1) is 25.4 Å². The molecule has 70 heavy (non-hydrogen) atoms. The van der Waals surface area contributed by atoms with Crippen LogP contribution < -0.4 is 5.32 Å². The molecule has 0 spiro atoms. The molecule has 0 bridgehead atoms. The Morgan fingerprint density at radius 2 is 0.857 bits per heavy atom. The van der Waals surface area contributed by atoms with Gasteiger partial charge < -0.3 is 50.5 Å².